The largest absolute Gasteiger partial charge is 0.497 e. The molecule has 1 aromatic heterocycles. The van der Waals surface area contributed by atoms with Crippen molar-refractivity contribution in [3.05, 3.63) is 60.2 Å². The van der Waals surface area contributed by atoms with Gasteiger partial charge in [0, 0.05) is 32.2 Å². The standard InChI is InChI=1S/C26H31N3O4/c1-4-24(30)29(17-22-11-8-16-32-22)18-23-25(19-9-6-5-7-10-19)27-28(2)26(23)33-21-14-12-20(31-3)13-15-21/h5-7,9-10,12-15,22H,4,8,11,16-18H2,1-3H3/t22-/m0/s1. The average Bonchev–Trinajstić information content (AvgIpc) is 3.47. The third-order valence-corrected chi connectivity index (χ3v) is 5.86. The predicted octanol–water partition coefficient (Wildman–Crippen LogP) is 4.81. The molecule has 0 N–H and O–H groups in total. The second-order valence-electron chi connectivity index (χ2n) is 8.16. The second kappa shape index (κ2) is 10.5. The SMILES string of the molecule is CCC(=O)N(Cc1c(-c2ccccc2)nn(C)c1Oc1ccc(OC)cc1)C[C@@H]1CCCO1. The van der Waals surface area contributed by atoms with Crippen LogP contribution in [-0.4, -0.2) is 47.0 Å². The lowest BCUT2D eigenvalue weighted by Gasteiger charge is -2.25. The first-order valence-electron chi connectivity index (χ1n) is 11.4. The first-order chi connectivity index (χ1) is 16.1. The van der Waals surface area contributed by atoms with Gasteiger partial charge in [-0.1, -0.05) is 37.3 Å². The maximum Gasteiger partial charge on any atom is 0.223 e. The molecule has 2 aromatic carbocycles. The summed E-state index contributed by atoms with van der Waals surface area (Å²) < 4.78 is 19.1. The van der Waals surface area contributed by atoms with Gasteiger partial charge in [-0.2, -0.15) is 5.10 Å². The molecule has 1 fully saturated rings. The van der Waals surface area contributed by atoms with E-state index in [1.54, 1.807) is 11.8 Å². The molecule has 7 heteroatoms. The molecule has 2 heterocycles. The Bertz CT molecular complexity index is 1060. The number of hydrogen-bond acceptors (Lipinski definition) is 5. The molecule has 1 aliphatic rings. The zero-order chi connectivity index (χ0) is 23.2. The molecule has 3 aromatic rings. The van der Waals surface area contributed by atoms with Crippen molar-refractivity contribution in [2.75, 3.05) is 20.3 Å². The highest BCUT2D eigenvalue weighted by Gasteiger charge is 2.27. The van der Waals surface area contributed by atoms with Crippen LogP contribution >= 0.6 is 0 Å². The van der Waals surface area contributed by atoms with Crippen LogP contribution in [0.5, 0.6) is 17.4 Å². The summed E-state index contributed by atoms with van der Waals surface area (Å²) in [4.78, 5) is 14.8. The van der Waals surface area contributed by atoms with Gasteiger partial charge < -0.3 is 19.1 Å². The van der Waals surface area contributed by atoms with Crippen LogP contribution in [0.2, 0.25) is 0 Å². The highest BCUT2D eigenvalue weighted by molar-refractivity contribution is 5.76. The van der Waals surface area contributed by atoms with E-state index in [2.05, 4.69) is 0 Å². The third-order valence-electron chi connectivity index (χ3n) is 5.86. The normalized spacial score (nSPS) is 15.4. The Morgan fingerprint density at radius 2 is 1.88 bits per heavy atom. The van der Waals surface area contributed by atoms with E-state index in [-0.39, 0.29) is 12.0 Å². The number of methoxy groups -OCH3 is 1. The van der Waals surface area contributed by atoms with Crippen molar-refractivity contribution in [1.29, 1.82) is 0 Å². The topological polar surface area (TPSA) is 65.8 Å². The summed E-state index contributed by atoms with van der Waals surface area (Å²) in [5.41, 5.74) is 2.66. The van der Waals surface area contributed by atoms with E-state index in [9.17, 15) is 4.79 Å². The lowest BCUT2D eigenvalue weighted by atomic mass is 10.1. The van der Waals surface area contributed by atoms with E-state index in [0.717, 1.165) is 42.0 Å². The number of aromatic nitrogens is 2. The van der Waals surface area contributed by atoms with Gasteiger partial charge in [0.25, 0.3) is 0 Å². The van der Waals surface area contributed by atoms with Gasteiger partial charge in [0.15, 0.2) is 0 Å². The monoisotopic (exact) mass is 449 g/mol. The zero-order valence-electron chi connectivity index (χ0n) is 19.5. The second-order valence-corrected chi connectivity index (χ2v) is 8.16. The van der Waals surface area contributed by atoms with Crippen molar-refractivity contribution < 1.29 is 19.0 Å². The number of ether oxygens (including phenoxy) is 3. The fourth-order valence-electron chi connectivity index (χ4n) is 4.11. The number of carbonyl (C=O) groups is 1. The Morgan fingerprint density at radius 3 is 2.52 bits per heavy atom. The summed E-state index contributed by atoms with van der Waals surface area (Å²) in [6.45, 7) is 3.61. The van der Waals surface area contributed by atoms with Crippen LogP contribution in [0.15, 0.2) is 54.6 Å². The van der Waals surface area contributed by atoms with Crippen molar-refractivity contribution in [3.63, 3.8) is 0 Å². The summed E-state index contributed by atoms with van der Waals surface area (Å²) in [6.07, 6.45) is 2.51. The van der Waals surface area contributed by atoms with Crippen molar-refractivity contribution >= 4 is 5.91 Å². The number of aryl methyl sites for hydroxylation is 1. The average molecular weight is 450 g/mol. The molecule has 0 aliphatic carbocycles. The molecule has 1 amide bonds. The van der Waals surface area contributed by atoms with Crippen LogP contribution in [0.1, 0.15) is 31.7 Å². The highest BCUT2D eigenvalue weighted by Crippen LogP contribution is 2.35. The molecular formula is C26H31N3O4. The molecule has 0 unspecified atom stereocenters. The van der Waals surface area contributed by atoms with Crippen molar-refractivity contribution in [2.45, 2.75) is 38.8 Å². The molecule has 0 spiro atoms. The molecule has 174 valence electrons. The first kappa shape index (κ1) is 22.9. The summed E-state index contributed by atoms with van der Waals surface area (Å²) in [5, 5.41) is 4.78. The Balaban J connectivity index is 1.71. The molecule has 0 saturated carbocycles. The molecule has 33 heavy (non-hydrogen) atoms. The zero-order valence-corrected chi connectivity index (χ0v) is 19.5. The lowest BCUT2D eigenvalue weighted by Crippen LogP contribution is -2.36. The van der Waals surface area contributed by atoms with E-state index in [4.69, 9.17) is 19.3 Å². The first-order valence-corrected chi connectivity index (χ1v) is 11.4. The van der Waals surface area contributed by atoms with Crippen LogP contribution in [0.3, 0.4) is 0 Å². The van der Waals surface area contributed by atoms with Crippen molar-refractivity contribution in [2.24, 2.45) is 7.05 Å². The number of amides is 1. The molecule has 4 rings (SSSR count). The van der Waals surface area contributed by atoms with Crippen LogP contribution in [0, 0.1) is 0 Å². The van der Waals surface area contributed by atoms with E-state index in [1.807, 2.05) is 73.5 Å². The fourth-order valence-corrected chi connectivity index (χ4v) is 4.11. The third kappa shape index (κ3) is 5.37. The summed E-state index contributed by atoms with van der Waals surface area (Å²) >= 11 is 0. The Kier molecular flexibility index (Phi) is 7.29. The Hall–Kier alpha value is -3.32. The minimum absolute atomic E-state index is 0.0725. The minimum Gasteiger partial charge on any atom is -0.497 e. The Morgan fingerprint density at radius 1 is 1.15 bits per heavy atom. The molecule has 1 aliphatic heterocycles. The van der Waals surface area contributed by atoms with Gasteiger partial charge in [0.2, 0.25) is 11.8 Å². The number of hydrogen-bond donors (Lipinski definition) is 0. The maximum absolute atomic E-state index is 12.9. The fraction of sp³-hybridized carbons (Fsp3) is 0.385. The highest BCUT2D eigenvalue weighted by atomic mass is 16.5. The molecule has 7 nitrogen and oxygen atoms in total. The van der Waals surface area contributed by atoms with Gasteiger partial charge in [0.1, 0.15) is 17.2 Å². The van der Waals surface area contributed by atoms with E-state index in [1.165, 1.54) is 0 Å². The van der Waals surface area contributed by atoms with E-state index in [0.29, 0.717) is 31.1 Å². The van der Waals surface area contributed by atoms with Crippen molar-refractivity contribution in [1.82, 2.24) is 14.7 Å². The van der Waals surface area contributed by atoms with Gasteiger partial charge in [-0.15, -0.1) is 0 Å². The number of rotatable bonds is 9. The van der Waals surface area contributed by atoms with Crippen LogP contribution in [0.4, 0.5) is 0 Å². The molecular weight excluding hydrogens is 418 g/mol. The van der Waals surface area contributed by atoms with Gasteiger partial charge >= 0.3 is 0 Å². The van der Waals surface area contributed by atoms with Gasteiger partial charge in [0.05, 0.1) is 25.3 Å². The van der Waals surface area contributed by atoms with Crippen LogP contribution in [-0.2, 0) is 23.1 Å². The van der Waals surface area contributed by atoms with Crippen molar-refractivity contribution in [3.8, 4) is 28.6 Å². The summed E-state index contributed by atoms with van der Waals surface area (Å²) in [7, 11) is 3.50. The van der Waals surface area contributed by atoms with Crippen LogP contribution < -0.4 is 9.47 Å². The summed E-state index contributed by atoms with van der Waals surface area (Å²) in [6, 6.07) is 17.4. The Labute approximate surface area is 194 Å². The van der Waals surface area contributed by atoms with E-state index >= 15 is 0 Å². The molecule has 0 bridgehead atoms. The smallest absolute Gasteiger partial charge is 0.223 e. The molecule has 0 radical (unpaired) electrons. The maximum atomic E-state index is 12.9. The van der Waals surface area contributed by atoms with Gasteiger partial charge in [-0.05, 0) is 37.1 Å². The lowest BCUT2D eigenvalue weighted by molar-refractivity contribution is -0.133. The van der Waals surface area contributed by atoms with Gasteiger partial charge in [-0.25, -0.2) is 4.68 Å². The van der Waals surface area contributed by atoms with Gasteiger partial charge in [-0.3, -0.25) is 4.79 Å². The van der Waals surface area contributed by atoms with E-state index < -0.39 is 0 Å². The number of nitrogens with zero attached hydrogens (tertiary/aromatic N) is 3. The number of carbonyl (C=O) groups excluding carboxylic acids is 1. The number of benzene rings is 2. The summed E-state index contributed by atoms with van der Waals surface area (Å²) in [5.74, 6) is 2.13. The molecule has 1 atom stereocenters. The minimum atomic E-state index is 0.0725. The molecule has 1 saturated heterocycles. The quantitative estimate of drug-likeness (QED) is 0.469. The predicted molar refractivity (Wildman–Crippen MR) is 126 cm³/mol. The van der Waals surface area contributed by atoms with Crippen LogP contribution in [0.25, 0.3) is 11.3 Å².